The first-order chi connectivity index (χ1) is 7.04. The summed E-state index contributed by atoms with van der Waals surface area (Å²) in [6.07, 6.45) is 0.0527. The van der Waals surface area contributed by atoms with Crippen LogP contribution in [-0.2, 0) is 16.0 Å². The molecule has 1 rings (SSSR count). The van der Waals surface area contributed by atoms with Crippen LogP contribution in [0.3, 0.4) is 0 Å². The molecule has 0 unspecified atom stereocenters. The third-order valence-electron chi connectivity index (χ3n) is 2.06. The Kier molecular flexibility index (Phi) is 4.09. The molecule has 0 amide bonds. The van der Waals surface area contributed by atoms with Crippen molar-refractivity contribution in [3.8, 4) is 0 Å². The van der Waals surface area contributed by atoms with E-state index >= 15 is 0 Å². The minimum absolute atomic E-state index is 0.0527. The molecule has 0 fully saturated rings. The average Bonchev–Trinajstić information content (AvgIpc) is 2.13. The van der Waals surface area contributed by atoms with Crippen LogP contribution in [0.2, 0.25) is 5.02 Å². The van der Waals surface area contributed by atoms with Gasteiger partial charge in [0.2, 0.25) is 0 Å². The van der Waals surface area contributed by atoms with Gasteiger partial charge in [0.1, 0.15) is 5.82 Å². The molecule has 2 nitrogen and oxygen atoms in total. The second kappa shape index (κ2) is 5.12. The van der Waals surface area contributed by atoms with Crippen molar-refractivity contribution in [1.29, 1.82) is 0 Å². The van der Waals surface area contributed by atoms with Gasteiger partial charge >= 0.3 is 5.97 Å². The Labute approximate surface area is 93.0 Å². The van der Waals surface area contributed by atoms with Gasteiger partial charge in [-0.25, -0.2) is 4.39 Å². The van der Waals surface area contributed by atoms with Crippen molar-refractivity contribution in [3.05, 3.63) is 34.1 Å². The minimum Gasteiger partial charge on any atom is -0.466 e. The maximum absolute atomic E-state index is 13.0. The zero-order valence-electron chi connectivity index (χ0n) is 8.64. The molecule has 0 aliphatic heterocycles. The number of carbonyl (C=O) groups is 1. The summed E-state index contributed by atoms with van der Waals surface area (Å²) in [5.41, 5.74) is 1.28. The summed E-state index contributed by atoms with van der Waals surface area (Å²) in [5, 5.41) is 0.328. The second-order valence-corrected chi connectivity index (χ2v) is 3.56. The second-order valence-electron chi connectivity index (χ2n) is 3.15. The number of hydrogen-bond acceptors (Lipinski definition) is 2. The van der Waals surface area contributed by atoms with E-state index in [9.17, 15) is 9.18 Å². The Morgan fingerprint density at radius 1 is 1.53 bits per heavy atom. The molecule has 0 spiro atoms. The van der Waals surface area contributed by atoms with Crippen LogP contribution in [0.4, 0.5) is 4.39 Å². The molecule has 1 aromatic carbocycles. The summed E-state index contributed by atoms with van der Waals surface area (Å²) in [4.78, 5) is 11.2. The summed E-state index contributed by atoms with van der Waals surface area (Å²) < 4.78 is 17.8. The lowest BCUT2D eigenvalue weighted by atomic mass is 10.1. The van der Waals surface area contributed by atoms with Crippen LogP contribution >= 0.6 is 11.6 Å². The zero-order chi connectivity index (χ0) is 11.4. The molecule has 0 N–H and O–H groups in total. The van der Waals surface area contributed by atoms with Gasteiger partial charge in [-0.2, -0.15) is 0 Å². The lowest BCUT2D eigenvalue weighted by Crippen LogP contribution is -2.09. The first kappa shape index (κ1) is 12.0. The maximum atomic E-state index is 13.0. The van der Waals surface area contributed by atoms with Crippen molar-refractivity contribution in [2.24, 2.45) is 0 Å². The van der Waals surface area contributed by atoms with Crippen molar-refractivity contribution in [2.75, 3.05) is 6.61 Å². The number of hydrogen-bond donors (Lipinski definition) is 0. The predicted octanol–water partition coefficient (Wildman–Crippen LogP) is 2.89. The molecule has 0 saturated carbocycles. The van der Waals surface area contributed by atoms with Gasteiger partial charge in [-0.3, -0.25) is 4.79 Å². The van der Waals surface area contributed by atoms with Gasteiger partial charge in [-0.05, 0) is 37.1 Å². The molecule has 15 heavy (non-hydrogen) atoms. The fraction of sp³-hybridized carbons (Fsp3) is 0.364. The van der Waals surface area contributed by atoms with E-state index in [1.165, 1.54) is 12.1 Å². The van der Waals surface area contributed by atoms with Crippen molar-refractivity contribution in [3.63, 3.8) is 0 Å². The third-order valence-corrected chi connectivity index (χ3v) is 2.45. The van der Waals surface area contributed by atoms with Gasteiger partial charge in [0.05, 0.1) is 13.0 Å². The van der Waals surface area contributed by atoms with Gasteiger partial charge in [-0.1, -0.05) is 11.6 Å². The van der Waals surface area contributed by atoms with Crippen LogP contribution in [0.15, 0.2) is 12.1 Å². The molecule has 0 saturated heterocycles. The Morgan fingerprint density at radius 2 is 2.20 bits per heavy atom. The normalized spacial score (nSPS) is 10.1. The predicted molar refractivity (Wildman–Crippen MR) is 56.5 cm³/mol. The summed E-state index contributed by atoms with van der Waals surface area (Å²) in [6, 6.07) is 2.53. The molecule has 4 heteroatoms. The van der Waals surface area contributed by atoms with E-state index in [0.29, 0.717) is 22.8 Å². The molecule has 0 aromatic heterocycles. The maximum Gasteiger partial charge on any atom is 0.310 e. The van der Waals surface area contributed by atoms with E-state index in [0.717, 1.165) is 0 Å². The highest BCUT2D eigenvalue weighted by Crippen LogP contribution is 2.21. The lowest BCUT2D eigenvalue weighted by Gasteiger charge is -2.07. The highest BCUT2D eigenvalue weighted by atomic mass is 35.5. The van der Waals surface area contributed by atoms with Crippen LogP contribution in [0.25, 0.3) is 0 Å². The standard InChI is InChI=1S/C11H12ClFO2/c1-3-15-11(14)5-8-4-9(13)6-10(12)7(8)2/h4,6H,3,5H2,1-2H3. The first-order valence-corrected chi connectivity index (χ1v) is 5.02. The SMILES string of the molecule is CCOC(=O)Cc1cc(F)cc(Cl)c1C. The van der Waals surface area contributed by atoms with Crippen molar-refractivity contribution >= 4 is 17.6 Å². The average molecular weight is 231 g/mol. The number of carbonyl (C=O) groups excluding carboxylic acids is 1. The summed E-state index contributed by atoms with van der Waals surface area (Å²) in [7, 11) is 0. The molecular formula is C11H12ClFO2. The molecule has 0 aliphatic carbocycles. The highest BCUT2D eigenvalue weighted by molar-refractivity contribution is 6.31. The van der Waals surface area contributed by atoms with Gasteiger partial charge in [0.25, 0.3) is 0 Å². The number of halogens is 2. The first-order valence-electron chi connectivity index (χ1n) is 4.64. The van der Waals surface area contributed by atoms with Crippen molar-refractivity contribution in [1.82, 2.24) is 0 Å². The molecule has 0 atom stereocenters. The van der Waals surface area contributed by atoms with Crippen molar-refractivity contribution in [2.45, 2.75) is 20.3 Å². The van der Waals surface area contributed by atoms with E-state index in [-0.39, 0.29) is 12.4 Å². The smallest absolute Gasteiger partial charge is 0.310 e. The molecule has 1 aromatic rings. The Balaban J connectivity index is 2.89. The Bertz CT molecular complexity index is 377. The van der Waals surface area contributed by atoms with Gasteiger partial charge in [0, 0.05) is 5.02 Å². The lowest BCUT2D eigenvalue weighted by molar-refractivity contribution is -0.142. The quantitative estimate of drug-likeness (QED) is 0.747. The highest BCUT2D eigenvalue weighted by Gasteiger charge is 2.10. The van der Waals surface area contributed by atoms with Crippen LogP contribution < -0.4 is 0 Å². The fourth-order valence-electron chi connectivity index (χ4n) is 1.25. The summed E-state index contributed by atoms with van der Waals surface area (Å²) >= 11 is 5.79. The fourth-order valence-corrected chi connectivity index (χ4v) is 1.48. The number of esters is 1. The Hall–Kier alpha value is -1.09. The van der Waals surface area contributed by atoms with E-state index in [1.54, 1.807) is 13.8 Å². The van der Waals surface area contributed by atoms with E-state index in [4.69, 9.17) is 16.3 Å². The van der Waals surface area contributed by atoms with E-state index in [2.05, 4.69) is 0 Å². The number of ether oxygens (including phenoxy) is 1. The van der Waals surface area contributed by atoms with E-state index in [1.807, 2.05) is 0 Å². The topological polar surface area (TPSA) is 26.3 Å². The third kappa shape index (κ3) is 3.20. The molecule has 0 bridgehead atoms. The minimum atomic E-state index is -0.440. The van der Waals surface area contributed by atoms with Gasteiger partial charge < -0.3 is 4.74 Å². The van der Waals surface area contributed by atoms with Crippen LogP contribution in [0.5, 0.6) is 0 Å². The van der Waals surface area contributed by atoms with Crippen LogP contribution in [0.1, 0.15) is 18.1 Å². The molecule has 0 radical (unpaired) electrons. The molecule has 0 heterocycles. The van der Waals surface area contributed by atoms with Gasteiger partial charge in [-0.15, -0.1) is 0 Å². The molecule has 0 aliphatic rings. The summed E-state index contributed by atoms with van der Waals surface area (Å²) in [5.74, 6) is -0.813. The van der Waals surface area contributed by atoms with E-state index < -0.39 is 5.82 Å². The molecule has 82 valence electrons. The zero-order valence-corrected chi connectivity index (χ0v) is 9.40. The molecular weight excluding hydrogens is 219 g/mol. The largest absolute Gasteiger partial charge is 0.466 e. The summed E-state index contributed by atoms with van der Waals surface area (Å²) in [6.45, 7) is 3.79. The van der Waals surface area contributed by atoms with Crippen LogP contribution in [0, 0.1) is 12.7 Å². The monoisotopic (exact) mass is 230 g/mol. The van der Waals surface area contributed by atoms with Crippen LogP contribution in [-0.4, -0.2) is 12.6 Å². The number of rotatable bonds is 3. The van der Waals surface area contributed by atoms with Crippen molar-refractivity contribution < 1.29 is 13.9 Å². The Morgan fingerprint density at radius 3 is 2.80 bits per heavy atom. The van der Waals surface area contributed by atoms with Gasteiger partial charge in [0.15, 0.2) is 0 Å². The number of benzene rings is 1.